The maximum atomic E-state index is 11.6. The molecular formula is C26H30N4O3. The molecular weight excluding hydrogens is 416 g/mol. The zero-order chi connectivity index (χ0) is 23.0. The molecule has 172 valence electrons. The summed E-state index contributed by atoms with van der Waals surface area (Å²) in [7, 11) is 0. The number of rotatable bonds is 5. The first-order valence-electron chi connectivity index (χ1n) is 11.4. The van der Waals surface area contributed by atoms with E-state index in [0.29, 0.717) is 52.4 Å². The van der Waals surface area contributed by atoms with Gasteiger partial charge in [0.2, 0.25) is 19.2 Å². The molecule has 0 unspecified atom stereocenters. The Morgan fingerprint density at radius 3 is 1.39 bits per heavy atom. The fourth-order valence-corrected chi connectivity index (χ4v) is 4.48. The minimum absolute atomic E-state index is 0.461. The van der Waals surface area contributed by atoms with Gasteiger partial charge in [0.05, 0.1) is 0 Å². The van der Waals surface area contributed by atoms with Gasteiger partial charge in [0.1, 0.15) is 0 Å². The van der Waals surface area contributed by atoms with E-state index in [1.165, 1.54) is 27.1 Å². The molecule has 0 saturated carbocycles. The molecule has 4 rings (SSSR count). The Morgan fingerprint density at radius 1 is 0.576 bits per heavy atom. The van der Waals surface area contributed by atoms with Crippen molar-refractivity contribution in [3.8, 4) is 0 Å². The van der Waals surface area contributed by atoms with Crippen LogP contribution < -0.4 is 0 Å². The molecule has 0 radical (unpaired) electrons. The van der Waals surface area contributed by atoms with E-state index in [0.717, 1.165) is 25.8 Å². The van der Waals surface area contributed by atoms with Crippen molar-refractivity contribution < 1.29 is 14.4 Å². The van der Waals surface area contributed by atoms with E-state index in [1.54, 1.807) is 14.7 Å². The highest BCUT2D eigenvalue weighted by atomic mass is 16.1. The highest BCUT2D eigenvalue weighted by Crippen LogP contribution is 2.29. The Hall–Kier alpha value is -3.45. The van der Waals surface area contributed by atoms with Crippen molar-refractivity contribution in [2.75, 3.05) is 52.4 Å². The van der Waals surface area contributed by atoms with Crippen LogP contribution in [0.4, 0.5) is 0 Å². The Bertz CT molecular complexity index is 1040. The molecule has 0 spiro atoms. The van der Waals surface area contributed by atoms with Crippen LogP contribution in [0.15, 0.2) is 54.6 Å². The second-order valence-corrected chi connectivity index (χ2v) is 8.50. The van der Waals surface area contributed by atoms with Crippen LogP contribution in [-0.2, 0) is 20.9 Å². The van der Waals surface area contributed by atoms with Crippen molar-refractivity contribution in [2.45, 2.75) is 6.54 Å². The summed E-state index contributed by atoms with van der Waals surface area (Å²) < 4.78 is 0. The first-order valence-corrected chi connectivity index (χ1v) is 11.4. The molecule has 33 heavy (non-hydrogen) atoms. The third kappa shape index (κ3) is 5.49. The van der Waals surface area contributed by atoms with Gasteiger partial charge in [0, 0.05) is 58.9 Å². The van der Waals surface area contributed by atoms with Gasteiger partial charge in [-0.3, -0.25) is 19.3 Å². The summed E-state index contributed by atoms with van der Waals surface area (Å²) in [5.41, 5.74) is 1.26. The quantitative estimate of drug-likeness (QED) is 0.445. The molecule has 3 aromatic carbocycles. The van der Waals surface area contributed by atoms with Crippen molar-refractivity contribution in [1.82, 2.24) is 19.6 Å². The number of hydrogen-bond acceptors (Lipinski definition) is 4. The van der Waals surface area contributed by atoms with E-state index in [4.69, 9.17) is 0 Å². The molecule has 0 aromatic heterocycles. The number of benzene rings is 3. The van der Waals surface area contributed by atoms with Gasteiger partial charge in [-0.2, -0.15) is 0 Å². The van der Waals surface area contributed by atoms with Crippen LogP contribution in [-0.4, -0.2) is 91.2 Å². The second kappa shape index (κ2) is 10.9. The molecule has 1 aliphatic heterocycles. The Morgan fingerprint density at radius 2 is 0.970 bits per heavy atom. The molecule has 1 heterocycles. The third-order valence-electron chi connectivity index (χ3n) is 6.47. The Kier molecular flexibility index (Phi) is 7.52. The van der Waals surface area contributed by atoms with Crippen LogP contribution in [0.5, 0.6) is 0 Å². The van der Waals surface area contributed by atoms with Crippen LogP contribution in [0, 0.1) is 0 Å². The second-order valence-electron chi connectivity index (χ2n) is 8.50. The lowest BCUT2D eigenvalue weighted by molar-refractivity contribution is -0.123. The average molecular weight is 447 g/mol. The zero-order valence-corrected chi connectivity index (χ0v) is 18.8. The molecule has 3 aromatic rings. The molecule has 3 amide bonds. The van der Waals surface area contributed by atoms with Gasteiger partial charge < -0.3 is 14.7 Å². The van der Waals surface area contributed by atoms with Gasteiger partial charge in [-0.1, -0.05) is 48.5 Å². The van der Waals surface area contributed by atoms with Gasteiger partial charge >= 0.3 is 0 Å². The zero-order valence-electron chi connectivity index (χ0n) is 18.8. The van der Waals surface area contributed by atoms with E-state index in [2.05, 4.69) is 59.5 Å². The van der Waals surface area contributed by atoms with Crippen LogP contribution >= 0.6 is 0 Å². The summed E-state index contributed by atoms with van der Waals surface area (Å²) in [6.45, 7) is 5.12. The van der Waals surface area contributed by atoms with Crippen LogP contribution in [0.2, 0.25) is 0 Å². The predicted octanol–water partition coefficient (Wildman–Crippen LogP) is 2.18. The van der Waals surface area contributed by atoms with E-state index in [-0.39, 0.29) is 0 Å². The molecule has 1 aliphatic rings. The van der Waals surface area contributed by atoms with Gasteiger partial charge in [-0.25, -0.2) is 0 Å². The van der Waals surface area contributed by atoms with Crippen LogP contribution in [0.1, 0.15) is 5.56 Å². The van der Waals surface area contributed by atoms with Crippen LogP contribution in [0.3, 0.4) is 0 Å². The molecule has 1 saturated heterocycles. The number of amides is 3. The number of carbonyl (C=O) groups is 3. The number of fused-ring (bicyclic) bond motifs is 2. The van der Waals surface area contributed by atoms with E-state index in [9.17, 15) is 14.4 Å². The van der Waals surface area contributed by atoms with E-state index < -0.39 is 0 Å². The largest absolute Gasteiger partial charge is 0.342 e. The summed E-state index contributed by atoms with van der Waals surface area (Å²) in [5, 5.41) is 4.86. The standard InChI is InChI=1S/C26H30N4O3/c31-19-28-11-9-27(10-12-29(20-32)14-16-30(21-33)15-13-28)18-26-24-7-3-1-5-22(24)17-23-6-2-4-8-25(23)26/h1-8,17,19-21H,9-16,18H2. The summed E-state index contributed by atoms with van der Waals surface area (Å²) in [4.78, 5) is 42.0. The Labute approximate surface area is 194 Å². The topological polar surface area (TPSA) is 64.2 Å². The fourth-order valence-electron chi connectivity index (χ4n) is 4.48. The lowest BCUT2D eigenvalue weighted by atomic mass is 9.96. The normalized spacial score (nSPS) is 16.9. The number of carbonyl (C=O) groups excluding carboxylic acids is 3. The maximum absolute atomic E-state index is 11.6. The average Bonchev–Trinajstić information content (AvgIpc) is 2.85. The summed E-state index contributed by atoms with van der Waals surface area (Å²) >= 11 is 0. The smallest absolute Gasteiger partial charge is 0.209 e. The molecule has 7 heteroatoms. The molecule has 1 fully saturated rings. The maximum Gasteiger partial charge on any atom is 0.209 e. The lowest BCUT2D eigenvalue weighted by Gasteiger charge is -2.31. The monoisotopic (exact) mass is 446 g/mol. The predicted molar refractivity (Wildman–Crippen MR) is 130 cm³/mol. The lowest BCUT2D eigenvalue weighted by Crippen LogP contribution is -2.44. The van der Waals surface area contributed by atoms with E-state index in [1.807, 2.05) is 0 Å². The summed E-state index contributed by atoms with van der Waals surface area (Å²) in [6.07, 6.45) is 2.51. The molecule has 0 bridgehead atoms. The first-order chi connectivity index (χ1) is 16.2. The van der Waals surface area contributed by atoms with Gasteiger partial charge in [0.15, 0.2) is 0 Å². The van der Waals surface area contributed by atoms with Crippen molar-refractivity contribution in [1.29, 1.82) is 0 Å². The van der Waals surface area contributed by atoms with Crippen molar-refractivity contribution >= 4 is 40.8 Å². The molecule has 0 aliphatic carbocycles. The minimum Gasteiger partial charge on any atom is -0.342 e. The highest BCUT2D eigenvalue weighted by Gasteiger charge is 2.17. The number of nitrogens with zero attached hydrogens (tertiary/aromatic N) is 4. The summed E-state index contributed by atoms with van der Waals surface area (Å²) in [5.74, 6) is 0. The fraction of sp³-hybridized carbons (Fsp3) is 0.346. The molecule has 0 N–H and O–H groups in total. The Balaban J connectivity index is 1.63. The van der Waals surface area contributed by atoms with Crippen LogP contribution in [0.25, 0.3) is 21.5 Å². The first kappa shape index (κ1) is 22.7. The third-order valence-corrected chi connectivity index (χ3v) is 6.47. The number of hydrogen-bond donors (Lipinski definition) is 0. The van der Waals surface area contributed by atoms with Crippen molar-refractivity contribution in [3.05, 3.63) is 60.2 Å². The highest BCUT2D eigenvalue weighted by molar-refractivity contribution is 6.02. The van der Waals surface area contributed by atoms with Gasteiger partial charge in [-0.15, -0.1) is 0 Å². The molecule has 7 nitrogen and oxygen atoms in total. The summed E-state index contributed by atoms with van der Waals surface area (Å²) in [6, 6.07) is 19.1. The van der Waals surface area contributed by atoms with Gasteiger partial charge in [0.25, 0.3) is 0 Å². The van der Waals surface area contributed by atoms with E-state index >= 15 is 0 Å². The van der Waals surface area contributed by atoms with Crippen molar-refractivity contribution in [3.63, 3.8) is 0 Å². The minimum atomic E-state index is 0.461. The molecule has 0 atom stereocenters. The SMILES string of the molecule is O=CN1CCN(C=O)CCN(Cc2c3ccccc3cc3ccccc23)CCN(C=O)CC1. The van der Waals surface area contributed by atoms with Crippen molar-refractivity contribution in [2.24, 2.45) is 0 Å². The van der Waals surface area contributed by atoms with Gasteiger partial charge in [-0.05, 0) is 33.2 Å².